The molecule has 110 valence electrons. The first-order chi connectivity index (χ1) is 9.25. The van der Waals surface area contributed by atoms with Crippen LogP contribution in [-0.4, -0.2) is 15.7 Å². The number of nitrogens with one attached hydrogen (secondary N) is 1. The third kappa shape index (κ3) is 2.86. The fourth-order valence-corrected chi connectivity index (χ4v) is 2.91. The van der Waals surface area contributed by atoms with Crippen molar-refractivity contribution in [3.05, 3.63) is 28.0 Å². The predicted octanol–water partition coefficient (Wildman–Crippen LogP) is 2.94. The summed E-state index contributed by atoms with van der Waals surface area (Å²) in [4.78, 5) is 12.3. The highest BCUT2D eigenvalue weighted by molar-refractivity contribution is 6.55. The van der Waals surface area contributed by atoms with Gasteiger partial charge in [0, 0.05) is 24.8 Å². The number of aryl methyl sites for hydroxylation is 1. The zero-order valence-electron chi connectivity index (χ0n) is 12.1. The van der Waals surface area contributed by atoms with E-state index in [-0.39, 0.29) is 27.6 Å². The van der Waals surface area contributed by atoms with Crippen molar-refractivity contribution in [2.75, 3.05) is 0 Å². The molecule has 0 aromatic carbocycles. The van der Waals surface area contributed by atoms with Crippen LogP contribution < -0.4 is 5.32 Å². The lowest BCUT2D eigenvalue weighted by Gasteiger charge is -2.06. The number of carbonyl (C=O) groups excluding carboxylic acids is 1. The fourth-order valence-electron chi connectivity index (χ4n) is 2.64. The van der Waals surface area contributed by atoms with Crippen molar-refractivity contribution in [3.63, 3.8) is 0 Å². The van der Waals surface area contributed by atoms with E-state index in [9.17, 15) is 4.79 Å². The van der Waals surface area contributed by atoms with Gasteiger partial charge in [-0.25, -0.2) is 0 Å². The summed E-state index contributed by atoms with van der Waals surface area (Å²) in [6.45, 7) is 6.57. The molecule has 0 saturated heterocycles. The zero-order chi connectivity index (χ0) is 15.1. The molecule has 20 heavy (non-hydrogen) atoms. The highest BCUT2D eigenvalue weighted by atomic mass is 35.5. The SMILES string of the molecule is Cc1c(CNC(=O)C2C(C=C(Cl)Cl)C2(C)C)cnn1C. The minimum Gasteiger partial charge on any atom is -0.352 e. The number of rotatable bonds is 4. The molecule has 1 aliphatic carbocycles. The Morgan fingerprint density at radius 2 is 2.20 bits per heavy atom. The second kappa shape index (κ2) is 5.41. The van der Waals surface area contributed by atoms with Gasteiger partial charge in [0.1, 0.15) is 4.49 Å². The van der Waals surface area contributed by atoms with Gasteiger partial charge in [-0.3, -0.25) is 9.48 Å². The number of aromatic nitrogens is 2. The smallest absolute Gasteiger partial charge is 0.224 e. The molecule has 2 unspecified atom stereocenters. The summed E-state index contributed by atoms with van der Waals surface area (Å²) >= 11 is 11.4. The maximum atomic E-state index is 12.3. The third-order valence-electron chi connectivity index (χ3n) is 4.29. The first kappa shape index (κ1) is 15.4. The van der Waals surface area contributed by atoms with Gasteiger partial charge < -0.3 is 5.32 Å². The van der Waals surface area contributed by atoms with Gasteiger partial charge in [0.25, 0.3) is 0 Å². The van der Waals surface area contributed by atoms with Crippen LogP contribution in [-0.2, 0) is 18.4 Å². The molecule has 1 saturated carbocycles. The lowest BCUT2D eigenvalue weighted by molar-refractivity contribution is -0.123. The van der Waals surface area contributed by atoms with E-state index >= 15 is 0 Å². The molecule has 0 bridgehead atoms. The van der Waals surface area contributed by atoms with Crippen molar-refractivity contribution in [2.24, 2.45) is 24.3 Å². The number of nitrogens with zero attached hydrogens (tertiary/aromatic N) is 2. The summed E-state index contributed by atoms with van der Waals surface area (Å²) in [6, 6.07) is 0. The molecule has 1 aliphatic rings. The van der Waals surface area contributed by atoms with Crippen LogP contribution in [0.15, 0.2) is 16.8 Å². The molecule has 4 nitrogen and oxygen atoms in total. The van der Waals surface area contributed by atoms with E-state index < -0.39 is 0 Å². The highest BCUT2D eigenvalue weighted by Crippen LogP contribution is 2.59. The van der Waals surface area contributed by atoms with E-state index in [0.717, 1.165) is 11.3 Å². The maximum absolute atomic E-state index is 12.3. The summed E-state index contributed by atoms with van der Waals surface area (Å²) < 4.78 is 2.02. The second-order valence-corrected chi connectivity index (χ2v) is 6.89. The van der Waals surface area contributed by atoms with Gasteiger partial charge in [0.15, 0.2) is 0 Å². The van der Waals surface area contributed by atoms with Gasteiger partial charge in [-0.1, -0.05) is 37.0 Å². The molecular weight excluding hydrogens is 297 g/mol. The topological polar surface area (TPSA) is 46.9 Å². The Kier molecular flexibility index (Phi) is 4.17. The molecule has 1 aromatic rings. The van der Waals surface area contributed by atoms with E-state index in [1.165, 1.54) is 0 Å². The van der Waals surface area contributed by atoms with Gasteiger partial charge >= 0.3 is 0 Å². The number of hydrogen-bond acceptors (Lipinski definition) is 2. The molecule has 1 amide bonds. The first-order valence-corrected chi connectivity index (χ1v) is 7.28. The Morgan fingerprint density at radius 3 is 2.70 bits per heavy atom. The van der Waals surface area contributed by atoms with Crippen molar-refractivity contribution < 1.29 is 4.79 Å². The average Bonchev–Trinajstić information content (AvgIpc) is 2.71. The summed E-state index contributed by atoms with van der Waals surface area (Å²) in [6.07, 6.45) is 3.53. The van der Waals surface area contributed by atoms with Crippen molar-refractivity contribution in [1.29, 1.82) is 0 Å². The third-order valence-corrected chi connectivity index (χ3v) is 4.54. The molecule has 1 fully saturated rings. The van der Waals surface area contributed by atoms with Crippen molar-refractivity contribution in [2.45, 2.75) is 27.3 Å². The highest BCUT2D eigenvalue weighted by Gasteiger charge is 2.60. The molecule has 2 rings (SSSR count). The fraction of sp³-hybridized carbons (Fsp3) is 0.571. The summed E-state index contributed by atoms with van der Waals surface area (Å²) in [7, 11) is 1.88. The Hall–Kier alpha value is -1.00. The minimum absolute atomic E-state index is 0.0362. The lowest BCUT2D eigenvalue weighted by atomic mass is 10.1. The van der Waals surface area contributed by atoms with Crippen molar-refractivity contribution in [1.82, 2.24) is 15.1 Å². The second-order valence-electron chi connectivity index (χ2n) is 5.88. The van der Waals surface area contributed by atoms with E-state index in [1.807, 2.05) is 27.8 Å². The van der Waals surface area contributed by atoms with Gasteiger partial charge in [0.2, 0.25) is 5.91 Å². The average molecular weight is 316 g/mol. The zero-order valence-corrected chi connectivity index (χ0v) is 13.6. The standard InChI is InChI=1S/C14H19Cl2N3O/c1-8-9(7-18-19(8)4)6-17-13(20)12-10(5-11(15)16)14(12,2)3/h5,7,10,12H,6H2,1-4H3,(H,17,20). The molecule has 6 heteroatoms. The van der Waals surface area contributed by atoms with E-state index in [1.54, 1.807) is 17.0 Å². The molecule has 1 aromatic heterocycles. The van der Waals surface area contributed by atoms with E-state index in [2.05, 4.69) is 10.4 Å². The molecule has 2 atom stereocenters. The Bertz CT molecular complexity index is 559. The molecule has 1 N–H and O–H groups in total. The summed E-state index contributed by atoms with van der Waals surface area (Å²) in [5.41, 5.74) is 1.99. The van der Waals surface area contributed by atoms with Crippen LogP contribution >= 0.6 is 23.2 Å². The number of hydrogen-bond donors (Lipinski definition) is 1. The molecular formula is C14H19Cl2N3O. The molecule has 0 spiro atoms. The minimum atomic E-state index is -0.0942. The largest absolute Gasteiger partial charge is 0.352 e. The molecule has 1 heterocycles. The predicted molar refractivity (Wildman–Crippen MR) is 80.3 cm³/mol. The van der Waals surface area contributed by atoms with E-state index in [4.69, 9.17) is 23.2 Å². The van der Waals surface area contributed by atoms with Gasteiger partial charge in [-0.05, 0) is 24.3 Å². The first-order valence-electron chi connectivity index (χ1n) is 6.53. The van der Waals surface area contributed by atoms with Crippen LogP contribution in [0.3, 0.4) is 0 Å². The van der Waals surface area contributed by atoms with Crippen LogP contribution in [0.4, 0.5) is 0 Å². The number of carbonyl (C=O) groups is 1. The quantitative estimate of drug-likeness (QED) is 0.928. The van der Waals surface area contributed by atoms with Crippen LogP contribution in [0.1, 0.15) is 25.1 Å². The summed E-state index contributed by atoms with van der Waals surface area (Å²) in [5.74, 6) is 0.0589. The van der Waals surface area contributed by atoms with Crippen LogP contribution in [0.25, 0.3) is 0 Å². The number of halogens is 2. The number of allylic oxidation sites excluding steroid dienone is 1. The number of amides is 1. The van der Waals surface area contributed by atoms with Gasteiger partial charge in [-0.15, -0.1) is 0 Å². The lowest BCUT2D eigenvalue weighted by Crippen LogP contribution is -2.26. The van der Waals surface area contributed by atoms with Crippen LogP contribution in [0.5, 0.6) is 0 Å². The molecule has 0 radical (unpaired) electrons. The molecule has 0 aliphatic heterocycles. The van der Waals surface area contributed by atoms with Gasteiger partial charge in [-0.2, -0.15) is 5.10 Å². The normalized spacial score (nSPS) is 23.3. The summed E-state index contributed by atoms with van der Waals surface area (Å²) in [5, 5.41) is 7.12. The Balaban J connectivity index is 1.97. The Labute approximate surface area is 129 Å². The maximum Gasteiger partial charge on any atom is 0.224 e. The monoisotopic (exact) mass is 315 g/mol. The van der Waals surface area contributed by atoms with E-state index in [0.29, 0.717) is 6.54 Å². The van der Waals surface area contributed by atoms with Crippen LogP contribution in [0.2, 0.25) is 0 Å². The van der Waals surface area contributed by atoms with Crippen molar-refractivity contribution in [3.8, 4) is 0 Å². The Morgan fingerprint density at radius 1 is 1.55 bits per heavy atom. The van der Waals surface area contributed by atoms with Crippen molar-refractivity contribution >= 4 is 29.1 Å². The van der Waals surface area contributed by atoms with Gasteiger partial charge in [0.05, 0.1) is 12.1 Å². The van der Waals surface area contributed by atoms with Crippen LogP contribution in [0, 0.1) is 24.2 Å².